The van der Waals surface area contributed by atoms with Crippen LogP contribution in [-0.2, 0) is 9.53 Å². The second-order valence-electron chi connectivity index (χ2n) is 3.50. The summed E-state index contributed by atoms with van der Waals surface area (Å²) in [5, 5.41) is 0. The van der Waals surface area contributed by atoms with Crippen molar-refractivity contribution < 1.29 is 18.7 Å². The highest BCUT2D eigenvalue weighted by Gasteiger charge is 2.16. The molecular weight excluding hydrogens is 225 g/mol. The van der Waals surface area contributed by atoms with Gasteiger partial charge in [-0.05, 0) is 13.0 Å². The molecule has 1 aromatic rings. The van der Waals surface area contributed by atoms with Crippen LogP contribution in [0.3, 0.4) is 0 Å². The number of carbonyl (C=O) groups is 1. The van der Waals surface area contributed by atoms with Crippen molar-refractivity contribution in [3.63, 3.8) is 0 Å². The Kier molecular flexibility index (Phi) is 4.90. The zero-order valence-electron chi connectivity index (χ0n) is 9.90. The Balaban J connectivity index is 2.81. The van der Waals surface area contributed by atoms with Gasteiger partial charge in [0.25, 0.3) is 0 Å². The number of rotatable bonds is 5. The molecule has 0 aliphatic carbocycles. The third-order valence-corrected chi connectivity index (χ3v) is 2.29. The quantitative estimate of drug-likeness (QED) is 0.798. The molecule has 2 N–H and O–H groups in total. The van der Waals surface area contributed by atoms with Gasteiger partial charge >= 0.3 is 5.97 Å². The Hall–Kier alpha value is -1.62. The van der Waals surface area contributed by atoms with E-state index < -0.39 is 11.9 Å². The van der Waals surface area contributed by atoms with E-state index in [-0.39, 0.29) is 12.4 Å². The fourth-order valence-electron chi connectivity index (χ4n) is 1.50. The van der Waals surface area contributed by atoms with E-state index >= 15 is 0 Å². The predicted molar refractivity (Wildman–Crippen MR) is 61.1 cm³/mol. The molecule has 5 heteroatoms. The Labute approximate surface area is 99.5 Å². The van der Waals surface area contributed by atoms with Crippen LogP contribution < -0.4 is 10.5 Å². The van der Waals surface area contributed by atoms with Gasteiger partial charge in [-0.25, -0.2) is 4.39 Å². The Bertz CT molecular complexity index is 395. The van der Waals surface area contributed by atoms with Crippen LogP contribution in [0.25, 0.3) is 0 Å². The molecule has 1 aromatic carbocycles. The lowest BCUT2D eigenvalue weighted by molar-refractivity contribution is -0.143. The second kappa shape index (κ2) is 6.20. The zero-order valence-corrected chi connectivity index (χ0v) is 9.90. The van der Waals surface area contributed by atoms with E-state index in [1.165, 1.54) is 25.3 Å². The first-order chi connectivity index (χ1) is 8.08. The molecule has 0 spiro atoms. The van der Waals surface area contributed by atoms with Crippen molar-refractivity contribution >= 4 is 5.97 Å². The molecule has 4 nitrogen and oxygen atoms in total. The summed E-state index contributed by atoms with van der Waals surface area (Å²) in [7, 11) is 1.43. The normalized spacial score (nSPS) is 12.0. The third-order valence-electron chi connectivity index (χ3n) is 2.29. The summed E-state index contributed by atoms with van der Waals surface area (Å²) in [6.45, 7) is 2.04. The SMILES string of the molecule is CCOC(=O)C[C@H](N)c1ccc(F)cc1OC. The molecule has 0 radical (unpaired) electrons. The maximum atomic E-state index is 13.0. The Morgan fingerprint density at radius 3 is 2.82 bits per heavy atom. The number of esters is 1. The van der Waals surface area contributed by atoms with Crippen LogP contribution >= 0.6 is 0 Å². The molecule has 0 aliphatic heterocycles. The molecule has 0 heterocycles. The number of benzene rings is 1. The molecule has 0 bridgehead atoms. The van der Waals surface area contributed by atoms with Crippen LogP contribution in [0.2, 0.25) is 0 Å². The smallest absolute Gasteiger partial charge is 0.307 e. The van der Waals surface area contributed by atoms with E-state index in [2.05, 4.69) is 0 Å². The maximum Gasteiger partial charge on any atom is 0.307 e. The van der Waals surface area contributed by atoms with Gasteiger partial charge in [0.05, 0.1) is 20.1 Å². The molecule has 0 saturated carbocycles. The number of hydrogen-bond acceptors (Lipinski definition) is 4. The summed E-state index contributed by atoms with van der Waals surface area (Å²) in [5.41, 5.74) is 6.43. The fourth-order valence-corrected chi connectivity index (χ4v) is 1.50. The van der Waals surface area contributed by atoms with Gasteiger partial charge in [0.15, 0.2) is 0 Å². The van der Waals surface area contributed by atoms with E-state index in [1.807, 2.05) is 0 Å². The van der Waals surface area contributed by atoms with Gasteiger partial charge in [0.2, 0.25) is 0 Å². The number of halogens is 1. The molecule has 0 saturated heterocycles. The standard InChI is InChI=1S/C12H16FNO3/c1-3-17-12(15)7-10(14)9-5-4-8(13)6-11(9)16-2/h4-6,10H,3,7,14H2,1-2H3/t10-/m0/s1. The number of methoxy groups -OCH3 is 1. The lowest BCUT2D eigenvalue weighted by Crippen LogP contribution is -2.18. The Morgan fingerprint density at radius 1 is 1.53 bits per heavy atom. The minimum Gasteiger partial charge on any atom is -0.496 e. The van der Waals surface area contributed by atoms with Crippen LogP contribution in [0.1, 0.15) is 24.9 Å². The van der Waals surface area contributed by atoms with Crippen molar-refractivity contribution in [1.29, 1.82) is 0 Å². The maximum absolute atomic E-state index is 13.0. The van der Waals surface area contributed by atoms with Gasteiger partial charge in [-0.3, -0.25) is 4.79 Å². The van der Waals surface area contributed by atoms with Gasteiger partial charge in [0, 0.05) is 17.7 Å². The summed E-state index contributed by atoms with van der Waals surface area (Å²) in [4.78, 5) is 11.3. The van der Waals surface area contributed by atoms with Crippen molar-refractivity contribution in [2.24, 2.45) is 5.73 Å². The Morgan fingerprint density at radius 2 is 2.24 bits per heavy atom. The molecule has 1 atom stereocenters. The van der Waals surface area contributed by atoms with Crippen LogP contribution in [0, 0.1) is 5.82 Å². The minimum atomic E-state index is -0.565. The summed E-state index contributed by atoms with van der Waals surface area (Å²) >= 11 is 0. The summed E-state index contributed by atoms with van der Waals surface area (Å²) in [6.07, 6.45) is 0.0375. The summed E-state index contributed by atoms with van der Waals surface area (Å²) in [5.74, 6) is -0.456. The van der Waals surface area contributed by atoms with Crippen LogP contribution in [0.5, 0.6) is 5.75 Å². The zero-order chi connectivity index (χ0) is 12.8. The summed E-state index contributed by atoms with van der Waals surface area (Å²) < 4.78 is 22.8. The lowest BCUT2D eigenvalue weighted by Gasteiger charge is -2.14. The number of nitrogens with two attached hydrogens (primary N) is 1. The van der Waals surface area contributed by atoms with Gasteiger partial charge in [-0.2, -0.15) is 0 Å². The molecule has 0 aliphatic rings. The van der Waals surface area contributed by atoms with E-state index in [9.17, 15) is 9.18 Å². The molecule has 0 aromatic heterocycles. The van der Waals surface area contributed by atoms with E-state index in [4.69, 9.17) is 15.2 Å². The van der Waals surface area contributed by atoms with Gasteiger partial charge in [0.1, 0.15) is 11.6 Å². The highest BCUT2D eigenvalue weighted by Crippen LogP contribution is 2.26. The second-order valence-corrected chi connectivity index (χ2v) is 3.50. The van der Waals surface area contributed by atoms with Crippen LogP contribution in [0.15, 0.2) is 18.2 Å². The van der Waals surface area contributed by atoms with Gasteiger partial charge in [-0.15, -0.1) is 0 Å². The average Bonchev–Trinajstić information content (AvgIpc) is 2.28. The number of hydrogen-bond donors (Lipinski definition) is 1. The minimum absolute atomic E-state index is 0.0375. The average molecular weight is 241 g/mol. The lowest BCUT2D eigenvalue weighted by atomic mass is 10.0. The number of ether oxygens (including phenoxy) is 2. The number of carbonyl (C=O) groups excluding carboxylic acids is 1. The first-order valence-electron chi connectivity index (χ1n) is 5.33. The van der Waals surface area contributed by atoms with E-state index in [0.29, 0.717) is 17.9 Å². The van der Waals surface area contributed by atoms with Crippen molar-refractivity contribution in [1.82, 2.24) is 0 Å². The fraction of sp³-hybridized carbons (Fsp3) is 0.417. The van der Waals surface area contributed by atoms with Crippen molar-refractivity contribution in [2.75, 3.05) is 13.7 Å². The van der Waals surface area contributed by atoms with E-state index in [0.717, 1.165) is 0 Å². The molecule has 0 fully saturated rings. The van der Waals surface area contributed by atoms with Gasteiger partial charge < -0.3 is 15.2 Å². The largest absolute Gasteiger partial charge is 0.496 e. The van der Waals surface area contributed by atoms with Crippen molar-refractivity contribution in [3.05, 3.63) is 29.6 Å². The molecule has 17 heavy (non-hydrogen) atoms. The molecular formula is C12H16FNO3. The van der Waals surface area contributed by atoms with Crippen LogP contribution in [0.4, 0.5) is 4.39 Å². The molecule has 0 unspecified atom stereocenters. The van der Waals surface area contributed by atoms with Crippen molar-refractivity contribution in [2.45, 2.75) is 19.4 Å². The van der Waals surface area contributed by atoms with Crippen LogP contribution in [-0.4, -0.2) is 19.7 Å². The first kappa shape index (κ1) is 13.4. The highest BCUT2D eigenvalue weighted by molar-refractivity contribution is 5.70. The highest BCUT2D eigenvalue weighted by atomic mass is 19.1. The predicted octanol–water partition coefficient (Wildman–Crippen LogP) is 1.79. The summed E-state index contributed by atoms with van der Waals surface area (Å²) in [6, 6.07) is 3.46. The topological polar surface area (TPSA) is 61.5 Å². The third kappa shape index (κ3) is 3.71. The molecule has 94 valence electrons. The molecule has 0 amide bonds. The molecule has 1 rings (SSSR count). The van der Waals surface area contributed by atoms with E-state index in [1.54, 1.807) is 6.92 Å². The monoisotopic (exact) mass is 241 g/mol. The first-order valence-corrected chi connectivity index (χ1v) is 5.33. The van der Waals surface area contributed by atoms with Crippen molar-refractivity contribution in [3.8, 4) is 5.75 Å². The van der Waals surface area contributed by atoms with Gasteiger partial charge in [-0.1, -0.05) is 6.07 Å².